The molecule has 2 aliphatic heterocycles. The summed E-state index contributed by atoms with van der Waals surface area (Å²) in [5.41, 5.74) is -0.439. The van der Waals surface area contributed by atoms with Crippen LogP contribution in [0, 0.1) is 5.92 Å². The van der Waals surface area contributed by atoms with Crippen molar-refractivity contribution in [2.45, 2.75) is 51.3 Å². The molecule has 2 saturated heterocycles. The number of rotatable bonds is 1. The van der Waals surface area contributed by atoms with Gasteiger partial charge in [-0.15, -0.1) is 0 Å². The Balaban J connectivity index is 2.09. The molecule has 2 rings (SSSR count). The number of carbonyl (C=O) groups is 1. The molecule has 0 spiro atoms. The van der Waals surface area contributed by atoms with Gasteiger partial charge in [-0.05, 0) is 46.6 Å². The lowest BCUT2D eigenvalue weighted by atomic mass is 9.92. The Hall–Kier alpha value is -0.810. The van der Waals surface area contributed by atoms with Gasteiger partial charge < -0.3 is 19.7 Å². The number of fused-ring (bicyclic) bond motifs is 1. The van der Waals surface area contributed by atoms with E-state index in [0.717, 1.165) is 32.6 Å². The minimum Gasteiger partial charge on any atom is -0.444 e. The van der Waals surface area contributed by atoms with Crippen molar-refractivity contribution in [1.82, 2.24) is 10.2 Å². The van der Waals surface area contributed by atoms with Gasteiger partial charge in [-0.25, -0.2) is 4.79 Å². The van der Waals surface area contributed by atoms with Crippen LogP contribution in [0.15, 0.2) is 0 Å². The third-order valence-corrected chi connectivity index (χ3v) is 3.96. The highest BCUT2D eigenvalue weighted by atomic mass is 16.6. The molecular weight excluding hydrogens is 244 g/mol. The highest BCUT2D eigenvalue weighted by Crippen LogP contribution is 2.32. The molecule has 0 aromatic carbocycles. The molecule has 1 amide bonds. The van der Waals surface area contributed by atoms with Crippen LogP contribution in [0.5, 0.6) is 0 Å². The number of hydrogen-bond acceptors (Lipinski definition) is 4. The average Bonchev–Trinajstić information content (AvgIpc) is 2.49. The Morgan fingerprint density at radius 2 is 2.00 bits per heavy atom. The molecule has 2 fully saturated rings. The van der Waals surface area contributed by atoms with Crippen molar-refractivity contribution in [3.05, 3.63) is 0 Å². The van der Waals surface area contributed by atoms with E-state index in [2.05, 4.69) is 5.32 Å². The van der Waals surface area contributed by atoms with E-state index in [1.54, 1.807) is 0 Å². The monoisotopic (exact) mass is 270 g/mol. The van der Waals surface area contributed by atoms with Crippen molar-refractivity contribution in [2.24, 2.45) is 5.92 Å². The van der Waals surface area contributed by atoms with Crippen LogP contribution in [0.25, 0.3) is 0 Å². The highest BCUT2D eigenvalue weighted by molar-refractivity contribution is 5.69. The second-order valence-corrected chi connectivity index (χ2v) is 6.45. The molecule has 0 radical (unpaired) electrons. The van der Waals surface area contributed by atoms with Gasteiger partial charge in [0.15, 0.2) is 0 Å². The molecule has 0 bridgehead atoms. The van der Waals surface area contributed by atoms with Crippen LogP contribution in [0.1, 0.15) is 33.6 Å². The molecule has 5 heteroatoms. The van der Waals surface area contributed by atoms with Gasteiger partial charge in [0.25, 0.3) is 0 Å². The van der Waals surface area contributed by atoms with Crippen molar-refractivity contribution in [2.75, 3.05) is 26.8 Å². The molecule has 0 saturated carbocycles. The van der Waals surface area contributed by atoms with Gasteiger partial charge in [-0.2, -0.15) is 0 Å². The Morgan fingerprint density at radius 3 is 2.63 bits per heavy atom. The van der Waals surface area contributed by atoms with Gasteiger partial charge in [0.1, 0.15) is 5.60 Å². The Kier molecular flexibility index (Phi) is 4.36. The fourth-order valence-electron chi connectivity index (χ4n) is 3.11. The van der Waals surface area contributed by atoms with Crippen LogP contribution < -0.4 is 5.32 Å². The molecule has 5 nitrogen and oxygen atoms in total. The van der Waals surface area contributed by atoms with E-state index in [4.69, 9.17) is 9.47 Å². The van der Waals surface area contributed by atoms with E-state index in [1.807, 2.05) is 32.7 Å². The first-order chi connectivity index (χ1) is 8.92. The van der Waals surface area contributed by atoms with Gasteiger partial charge in [0, 0.05) is 31.8 Å². The zero-order valence-corrected chi connectivity index (χ0v) is 12.4. The number of likely N-dealkylation sites (tertiary alicyclic amines) is 1. The minimum atomic E-state index is -0.439. The Morgan fingerprint density at radius 1 is 1.32 bits per heavy atom. The molecule has 3 unspecified atom stereocenters. The second-order valence-electron chi connectivity index (χ2n) is 6.45. The number of ether oxygens (including phenoxy) is 2. The van der Waals surface area contributed by atoms with Gasteiger partial charge in [-0.1, -0.05) is 0 Å². The van der Waals surface area contributed by atoms with Crippen LogP contribution in [0.4, 0.5) is 4.79 Å². The largest absolute Gasteiger partial charge is 0.444 e. The van der Waals surface area contributed by atoms with E-state index in [9.17, 15) is 4.79 Å². The number of amides is 1. The van der Waals surface area contributed by atoms with E-state index in [-0.39, 0.29) is 12.1 Å². The van der Waals surface area contributed by atoms with Gasteiger partial charge in [0.2, 0.25) is 0 Å². The first-order valence-electron chi connectivity index (χ1n) is 7.17. The quantitative estimate of drug-likeness (QED) is 0.786. The van der Waals surface area contributed by atoms with Crippen molar-refractivity contribution < 1.29 is 14.3 Å². The summed E-state index contributed by atoms with van der Waals surface area (Å²) in [5.74, 6) is 0.472. The Labute approximate surface area is 115 Å². The highest BCUT2D eigenvalue weighted by Gasteiger charge is 2.44. The van der Waals surface area contributed by atoms with Crippen LogP contribution in [0.2, 0.25) is 0 Å². The molecule has 2 heterocycles. The number of likely N-dealkylation sites (N-methyl/N-ethyl adjacent to an activating group) is 1. The predicted octanol–water partition coefficient (Wildman–Crippen LogP) is 1.62. The molecule has 1 N–H and O–H groups in total. The van der Waals surface area contributed by atoms with Crippen molar-refractivity contribution in [3.63, 3.8) is 0 Å². The maximum Gasteiger partial charge on any atom is 0.410 e. The van der Waals surface area contributed by atoms with Crippen molar-refractivity contribution in [1.29, 1.82) is 0 Å². The zero-order valence-electron chi connectivity index (χ0n) is 12.4. The molecule has 0 aliphatic carbocycles. The fourth-order valence-corrected chi connectivity index (χ4v) is 3.11. The summed E-state index contributed by atoms with van der Waals surface area (Å²) in [7, 11) is 1.96. The lowest BCUT2D eigenvalue weighted by molar-refractivity contribution is 0.0194. The minimum absolute atomic E-state index is 0.192. The lowest BCUT2D eigenvalue weighted by Crippen LogP contribution is -2.41. The summed E-state index contributed by atoms with van der Waals surface area (Å²) in [6, 6.07) is 0.592. The third kappa shape index (κ3) is 3.39. The SMILES string of the molecule is CNC1CN(C(=O)OC(C)(C)C)C2CCOCCC12. The maximum absolute atomic E-state index is 12.3. The van der Waals surface area contributed by atoms with E-state index in [1.165, 1.54) is 0 Å². The topological polar surface area (TPSA) is 50.8 Å². The van der Waals surface area contributed by atoms with Crippen LogP contribution >= 0.6 is 0 Å². The summed E-state index contributed by atoms with van der Waals surface area (Å²) in [4.78, 5) is 14.2. The zero-order chi connectivity index (χ0) is 14.0. The number of nitrogens with zero attached hydrogens (tertiary/aromatic N) is 1. The van der Waals surface area contributed by atoms with Crippen molar-refractivity contribution >= 4 is 6.09 Å². The van der Waals surface area contributed by atoms with Crippen LogP contribution in [-0.2, 0) is 9.47 Å². The lowest BCUT2D eigenvalue weighted by Gasteiger charge is -2.29. The van der Waals surface area contributed by atoms with Gasteiger partial charge in [-0.3, -0.25) is 0 Å². The second kappa shape index (κ2) is 5.67. The van der Waals surface area contributed by atoms with Gasteiger partial charge in [0.05, 0.1) is 0 Å². The Bertz CT molecular complexity index is 327. The van der Waals surface area contributed by atoms with E-state index >= 15 is 0 Å². The summed E-state index contributed by atoms with van der Waals surface area (Å²) in [6.45, 7) is 7.98. The van der Waals surface area contributed by atoms with E-state index < -0.39 is 5.60 Å². The fraction of sp³-hybridized carbons (Fsp3) is 0.929. The molecule has 110 valence electrons. The molecule has 19 heavy (non-hydrogen) atoms. The summed E-state index contributed by atoms with van der Waals surface area (Å²) in [5, 5.41) is 3.33. The predicted molar refractivity (Wildman–Crippen MR) is 73.1 cm³/mol. The number of hydrogen-bond donors (Lipinski definition) is 1. The first kappa shape index (κ1) is 14.6. The van der Waals surface area contributed by atoms with Crippen molar-refractivity contribution in [3.8, 4) is 0 Å². The number of carbonyl (C=O) groups excluding carboxylic acids is 1. The summed E-state index contributed by atoms with van der Waals surface area (Å²) < 4.78 is 11.1. The summed E-state index contributed by atoms with van der Waals surface area (Å²) in [6.07, 6.45) is 1.72. The molecule has 0 aromatic heterocycles. The molecule has 2 aliphatic rings. The third-order valence-electron chi connectivity index (χ3n) is 3.96. The molecule has 3 atom stereocenters. The number of nitrogens with one attached hydrogen (secondary N) is 1. The summed E-state index contributed by atoms with van der Waals surface area (Å²) >= 11 is 0. The van der Waals surface area contributed by atoms with Crippen LogP contribution in [0.3, 0.4) is 0 Å². The standard InChI is InChI=1S/C14H26N2O3/c1-14(2,3)19-13(17)16-9-11(15-4)10-5-7-18-8-6-12(10)16/h10-12,15H,5-9H2,1-4H3. The normalized spacial score (nSPS) is 31.8. The molecule has 0 aromatic rings. The van der Waals surface area contributed by atoms with Crippen LogP contribution in [-0.4, -0.2) is 55.5 Å². The maximum atomic E-state index is 12.3. The molecular formula is C14H26N2O3. The smallest absolute Gasteiger partial charge is 0.410 e. The average molecular weight is 270 g/mol. The van der Waals surface area contributed by atoms with Gasteiger partial charge >= 0.3 is 6.09 Å². The first-order valence-corrected chi connectivity index (χ1v) is 7.17. The van der Waals surface area contributed by atoms with E-state index in [0.29, 0.717) is 12.0 Å².